The predicted octanol–water partition coefficient (Wildman–Crippen LogP) is 8.58. The molecule has 3 nitrogen and oxygen atoms in total. The summed E-state index contributed by atoms with van der Waals surface area (Å²) in [7, 11) is -2.20. The second-order valence-electron chi connectivity index (χ2n) is 8.08. The minimum atomic E-state index is -2.20. The Bertz CT molecular complexity index is 916. The van der Waals surface area contributed by atoms with Crippen molar-refractivity contribution >= 4 is 16.3 Å². The van der Waals surface area contributed by atoms with E-state index in [4.69, 9.17) is 8.92 Å². The highest BCUT2D eigenvalue weighted by Crippen LogP contribution is 2.69. The quantitative estimate of drug-likeness (QED) is 0.238. The fraction of sp³-hybridized carbons (Fsp3) is 0.345. The Morgan fingerprint density at radius 3 is 1.73 bits per heavy atom. The van der Waals surface area contributed by atoms with E-state index in [1.807, 2.05) is 79.7 Å². The fourth-order valence-corrected chi connectivity index (χ4v) is 6.88. The van der Waals surface area contributed by atoms with Crippen molar-refractivity contribution in [3.05, 3.63) is 84.9 Å². The Morgan fingerprint density at radius 1 is 0.667 bits per heavy atom. The third kappa shape index (κ3) is 6.64. The molecule has 176 valence electrons. The zero-order valence-electron chi connectivity index (χ0n) is 19.9. The summed E-state index contributed by atoms with van der Waals surface area (Å²) in [5, 5.41) is 0. The molecule has 0 unspecified atom stereocenters. The Morgan fingerprint density at radius 2 is 1.18 bits per heavy atom. The first kappa shape index (κ1) is 24.9. The number of carbonyl (C=O) groups is 1. The normalized spacial score (nSPS) is 11.7. The Balaban J connectivity index is 1.86. The molecule has 0 N–H and O–H groups in total. The van der Waals surface area contributed by atoms with Crippen molar-refractivity contribution < 1.29 is 13.7 Å². The lowest BCUT2D eigenvalue weighted by molar-refractivity contribution is -0.133. The maximum atomic E-state index is 12.7. The molecule has 0 aromatic heterocycles. The summed E-state index contributed by atoms with van der Waals surface area (Å²) in [6.07, 6.45) is 7.78. The highest BCUT2D eigenvalue weighted by atomic mass is 32.3. The summed E-state index contributed by atoms with van der Waals surface area (Å²) in [5.41, 5.74) is 0. The first-order valence-corrected chi connectivity index (χ1v) is 13.6. The van der Waals surface area contributed by atoms with E-state index in [9.17, 15) is 4.79 Å². The minimum absolute atomic E-state index is 0.207. The van der Waals surface area contributed by atoms with Crippen LogP contribution in [0.15, 0.2) is 99.6 Å². The number of unbranched alkanes of at least 4 members (excludes halogenated alkanes) is 5. The van der Waals surface area contributed by atoms with Gasteiger partial charge in [-0.3, -0.25) is 4.79 Å². The number of hydrogen-bond acceptors (Lipinski definition) is 3. The molecule has 0 aliphatic heterocycles. The van der Waals surface area contributed by atoms with Gasteiger partial charge in [0.25, 0.3) is 0 Å². The lowest BCUT2D eigenvalue weighted by Gasteiger charge is -2.39. The standard InChI is InChI=1S/C29H36O3S/c1-3-5-6-7-8-15-24-31-25-20-22-28(23-21-25)33(32-29(30)4-2,26-16-11-9-12-17-26)27-18-13-10-14-19-27/h9-14,16-23H,3-8,15,24H2,1-2H3. The van der Waals surface area contributed by atoms with Crippen molar-refractivity contribution in [2.24, 2.45) is 0 Å². The average molecular weight is 465 g/mol. The van der Waals surface area contributed by atoms with Crippen LogP contribution in [0.3, 0.4) is 0 Å². The van der Waals surface area contributed by atoms with E-state index in [2.05, 4.69) is 19.1 Å². The summed E-state index contributed by atoms with van der Waals surface area (Å²) in [6, 6.07) is 28.3. The van der Waals surface area contributed by atoms with Gasteiger partial charge in [0.15, 0.2) is 0 Å². The smallest absolute Gasteiger partial charge is 0.316 e. The van der Waals surface area contributed by atoms with Crippen LogP contribution in [0, 0.1) is 0 Å². The second-order valence-corrected chi connectivity index (χ2v) is 10.8. The van der Waals surface area contributed by atoms with E-state index in [-0.39, 0.29) is 5.97 Å². The van der Waals surface area contributed by atoms with Gasteiger partial charge in [0.1, 0.15) is 5.75 Å². The van der Waals surface area contributed by atoms with Crippen molar-refractivity contribution in [3.63, 3.8) is 0 Å². The van der Waals surface area contributed by atoms with Crippen molar-refractivity contribution in [1.29, 1.82) is 0 Å². The van der Waals surface area contributed by atoms with Crippen LogP contribution in [-0.2, 0) is 8.98 Å². The summed E-state index contributed by atoms with van der Waals surface area (Å²) in [5.74, 6) is 0.643. The van der Waals surface area contributed by atoms with Gasteiger partial charge in [0.05, 0.1) is 6.61 Å². The summed E-state index contributed by atoms with van der Waals surface area (Å²) >= 11 is 0. The zero-order chi connectivity index (χ0) is 23.4. The number of rotatable bonds is 13. The molecule has 0 radical (unpaired) electrons. The van der Waals surface area contributed by atoms with E-state index in [0.717, 1.165) is 33.5 Å². The van der Waals surface area contributed by atoms with Crippen molar-refractivity contribution in [3.8, 4) is 5.75 Å². The summed E-state index contributed by atoms with van der Waals surface area (Å²) < 4.78 is 12.3. The topological polar surface area (TPSA) is 35.5 Å². The lowest BCUT2D eigenvalue weighted by Crippen LogP contribution is -2.13. The number of hydrogen-bond donors (Lipinski definition) is 0. The highest BCUT2D eigenvalue weighted by Gasteiger charge is 2.35. The van der Waals surface area contributed by atoms with Gasteiger partial charge in [-0.1, -0.05) is 82.3 Å². The Hall–Kier alpha value is -2.72. The molecule has 0 aliphatic carbocycles. The van der Waals surface area contributed by atoms with Gasteiger partial charge >= 0.3 is 5.97 Å². The van der Waals surface area contributed by atoms with Gasteiger partial charge in [0.2, 0.25) is 0 Å². The maximum absolute atomic E-state index is 12.7. The molecule has 3 aromatic rings. The summed E-state index contributed by atoms with van der Waals surface area (Å²) in [6.45, 7) is 4.80. The molecule has 0 amide bonds. The first-order valence-electron chi connectivity index (χ1n) is 12.1. The first-order chi connectivity index (χ1) is 16.2. The molecule has 3 aromatic carbocycles. The average Bonchev–Trinajstić information content (AvgIpc) is 2.88. The molecule has 0 heterocycles. The van der Waals surface area contributed by atoms with Crippen LogP contribution in [0.2, 0.25) is 0 Å². The lowest BCUT2D eigenvalue weighted by atomic mass is 10.1. The molecule has 33 heavy (non-hydrogen) atoms. The predicted molar refractivity (Wildman–Crippen MR) is 137 cm³/mol. The number of carbonyl (C=O) groups excluding carboxylic acids is 1. The molecular formula is C29H36O3S. The molecule has 3 rings (SSSR count). The molecule has 0 fully saturated rings. The van der Waals surface area contributed by atoms with E-state index >= 15 is 0 Å². The fourth-order valence-electron chi connectivity index (χ4n) is 3.78. The summed E-state index contributed by atoms with van der Waals surface area (Å²) in [4.78, 5) is 15.6. The van der Waals surface area contributed by atoms with Gasteiger partial charge in [-0.25, -0.2) is 0 Å². The largest absolute Gasteiger partial charge is 0.494 e. The van der Waals surface area contributed by atoms with Gasteiger partial charge in [0, 0.05) is 21.1 Å². The van der Waals surface area contributed by atoms with Crippen LogP contribution >= 0.6 is 10.3 Å². The molecule has 0 atom stereocenters. The molecular weight excluding hydrogens is 428 g/mol. The van der Waals surface area contributed by atoms with Crippen LogP contribution in [0.1, 0.15) is 58.8 Å². The number of benzene rings is 3. The Labute approximate surface area is 200 Å². The van der Waals surface area contributed by atoms with Gasteiger partial charge in [-0.15, -0.1) is 0 Å². The number of ether oxygens (including phenoxy) is 1. The molecule has 0 saturated heterocycles. The minimum Gasteiger partial charge on any atom is -0.494 e. The Kier molecular flexibility index (Phi) is 9.89. The van der Waals surface area contributed by atoms with Gasteiger partial charge in [-0.05, 0) is 65.3 Å². The SMILES string of the molecule is CCCCCCCCOc1ccc(S(OC(=O)CC)(c2ccccc2)c2ccccc2)cc1. The monoisotopic (exact) mass is 464 g/mol. The molecule has 0 bridgehead atoms. The van der Waals surface area contributed by atoms with Crippen molar-refractivity contribution in [1.82, 2.24) is 0 Å². The third-order valence-electron chi connectivity index (χ3n) is 5.58. The highest BCUT2D eigenvalue weighted by molar-refractivity contribution is 8.30. The van der Waals surface area contributed by atoms with Gasteiger partial charge in [-0.2, -0.15) is 0 Å². The third-order valence-corrected chi connectivity index (χ3v) is 8.82. The molecule has 4 heteroatoms. The van der Waals surface area contributed by atoms with Gasteiger partial charge < -0.3 is 8.92 Å². The van der Waals surface area contributed by atoms with Crippen LogP contribution in [0.25, 0.3) is 0 Å². The van der Waals surface area contributed by atoms with Crippen molar-refractivity contribution in [2.45, 2.75) is 73.5 Å². The zero-order valence-corrected chi connectivity index (χ0v) is 20.7. The van der Waals surface area contributed by atoms with Crippen LogP contribution in [-0.4, -0.2) is 12.6 Å². The van der Waals surface area contributed by atoms with Crippen molar-refractivity contribution in [2.75, 3.05) is 6.61 Å². The van der Waals surface area contributed by atoms with E-state index in [1.165, 1.54) is 32.1 Å². The molecule has 0 saturated carbocycles. The van der Waals surface area contributed by atoms with Crippen LogP contribution in [0.5, 0.6) is 5.75 Å². The molecule has 0 spiro atoms. The molecule has 0 aliphatic rings. The van der Waals surface area contributed by atoms with Crippen LogP contribution < -0.4 is 4.74 Å². The second kappa shape index (κ2) is 13.1. The van der Waals surface area contributed by atoms with E-state index < -0.39 is 10.3 Å². The maximum Gasteiger partial charge on any atom is 0.316 e. The van der Waals surface area contributed by atoms with Crippen LogP contribution in [0.4, 0.5) is 0 Å². The van der Waals surface area contributed by atoms with E-state index in [0.29, 0.717) is 6.42 Å². The van der Waals surface area contributed by atoms with E-state index in [1.54, 1.807) is 0 Å².